The maximum atomic E-state index is 12.0. The number of para-hydroxylation sites is 1. The summed E-state index contributed by atoms with van der Waals surface area (Å²) in [4.78, 5) is 1.67. The quantitative estimate of drug-likeness (QED) is 0.809. The zero-order valence-electron chi connectivity index (χ0n) is 9.80. The van der Waals surface area contributed by atoms with Crippen molar-refractivity contribution in [2.75, 3.05) is 25.9 Å². The highest BCUT2D eigenvalue weighted by molar-refractivity contribution is 5.46. The fraction of sp³-hybridized carbons (Fsp3) is 0.500. The Bertz CT molecular complexity index is 350. The minimum Gasteiger partial charge on any atom is -0.399 e. The first-order valence-electron chi connectivity index (χ1n) is 5.47. The van der Waals surface area contributed by atoms with Gasteiger partial charge in [0.1, 0.15) is 0 Å². The van der Waals surface area contributed by atoms with Crippen LogP contribution in [-0.2, 0) is 6.42 Å². The lowest BCUT2D eigenvalue weighted by Gasteiger charge is -2.18. The second-order valence-corrected chi connectivity index (χ2v) is 4.12. The number of nitrogen functional groups attached to an aromatic ring is 1. The normalized spacial score (nSPS) is 12.1. The van der Waals surface area contributed by atoms with Crippen molar-refractivity contribution in [2.45, 2.75) is 19.0 Å². The van der Waals surface area contributed by atoms with Crippen LogP contribution in [0.3, 0.4) is 0 Å². The third kappa shape index (κ3) is 5.58. The van der Waals surface area contributed by atoms with Gasteiger partial charge < -0.3 is 10.6 Å². The van der Waals surface area contributed by atoms with Crippen molar-refractivity contribution in [3.05, 3.63) is 29.8 Å². The van der Waals surface area contributed by atoms with E-state index in [9.17, 15) is 13.2 Å². The van der Waals surface area contributed by atoms with Gasteiger partial charge in [-0.1, -0.05) is 18.2 Å². The zero-order valence-corrected chi connectivity index (χ0v) is 9.80. The first-order chi connectivity index (χ1) is 7.88. The Kier molecular flexibility index (Phi) is 4.81. The number of nitrogens with two attached hydrogens (primary N) is 1. The molecule has 0 aromatic heterocycles. The number of hydrogen-bond acceptors (Lipinski definition) is 2. The summed E-state index contributed by atoms with van der Waals surface area (Å²) in [5, 5.41) is 0. The summed E-state index contributed by atoms with van der Waals surface area (Å²) in [6, 6.07) is 7.41. The molecule has 0 atom stereocenters. The van der Waals surface area contributed by atoms with Crippen molar-refractivity contribution in [3.63, 3.8) is 0 Å². The van der Waals surface area contributed by atoms with E-state index >= 15 is 0 Å². The third-order valence-corrected chi connectivity index (χ3v) is 2.59. The summed E-state index contributed by atoms with van der Waals surface area (Å²) < 4.78 is 36.0. The Hall–Kier alpha value is -1.23. The van der Waals surface area contributed by atoms with Gasteiger partial charge in [0.15, 0.2) is 0 Å². The zero-order chi connectivity index (χ0) is 12.9. The van der Waals surface area contributed by atoms with Crippen molar-refractivity contribution < 1.29 is 13.2 Å². The molecule has 96 valence electrons. The van der Waals surface area contributed by atoms with Crippen LogP contribution in [0.2, 0.25) is 0 Å². The second kappa shape index (κ2) is 5.91. The van der Waals surface area contributed by atoms with Gasteiger partial charge in [-0.25, -0.2) is 0 Å². The molecule has 0 heterocycles. The van der Waals surface area contributed by atoms with Crippen LogP contribution < -0.4 is 5.73 Å². The van der Waals surface area contributed by atoms with Crippen molar-refractivity contribution in [2.24, 2.45) is 0 Å². The summed E-state index contributed by atoms with van der Waals surface area (Å²) >= 11 is 0. The van der Waals surface area contributed by atoms with E-state index in [1.54, 1.807) is 18.0 Å². The van der Waals surface area contributed by atoms with Crippen molar-refractivity contribution in [1.82, 2.24) is 4.90 Å². The van der Waals surface area contributed by atoms with Crippen molar-refractivity contribution in [1.29, 1.82) is 0 Å². The molecule has 0 aliphatic carbocycles. The molecule has 1 aromatic rings. The number of alkyl halides is 3. The lowest BCUT2D eigenvalue weighted by molar-refractivity contribution is -0.137. The standard InChI is InChI=1S/C12H17F3N2/c1-17(9-7-12(13,14)15)8-6-10-4-2-3-5-11(10)16/h2-5H,6-9,16H2,1H3. The maximum Gasteiger partial charge on any atom is 0.390 e. The Labute approximate surface area is 99.2 Å². The van der Waals surface area contributed by atoms with Gasteiger partial charge in [-0.05, 0) is 25.1 Å². The molecule has 1 aromatic carbocycles. The molecule has 0 spiro atoms. The van der Waals surface area contributed by atoms with E-state index in [-0.39, 0.29) is 6.54 Å². The smallest absolute Gasteiger partial charge is 0.390 e. The average molecular weight is 246 g/mol. The molecule has 17 heavy (non-hydrogen) atoms. The summed E-state index contributed by atoms with van der Waals surface area (Å²) in [5.74, 6) is 0. The van der Waals surface area contributed by atoms with E-state index in [2.05, 4.69) is 0 Å². The molecular formula is C12H17F3N2. The number of anilines is 1. The molecule has 5 heteroatoms. The molecule has 2 N–H and O–H groups in total. The minimum absolute atomic E-state index is 0.0240. The molecule has 0 saturated carbocycles. The molecule has 0 fully saturated rings. The SMILES string of the molecule is CN(CCc1ccccc1N)CCC(F)(F)F. The van der Waals surface area contributed by atoms with Gasteiger partial charge in [0.25, 0.3) is 0 Å². The Morgan fingerprint density at radius 1 is 1.18 bits per heavy atom. The van der Waals surface area contributed by atoms with Crippen LogP contribution in [0.25, 0.3) is 0 Å². The predicted octanol–water partition coefficient (Wildman–Crippen LogP) is 2.70. The summed E-state index contributed by atoms with van der Waals surface area (Å²) in [6.07, 6.45) is -4.19. The molecule has 0 amide bonds. The predicted molar refractivity (Wildman–Crippen MR) is 62.7 cm³/mol. The van der Waals surface area contributed by atoms with Crippen LogP contribution in [0.15, 0.2) is 24.3 Å². The molecule has 0 bridgehead atoms. The van der Waals surface area contributed by atoms with Crippen LogP contribution in [0.4, 0.5) is 18.9 Å². The van der Waals surface area contributed by atoms with E-state index in [1.165, 1.54) is 0 Å². The largest absolute Gasteiger partial charge is 0.399 e. The molecule has 0 aliphatic rings. The number of likely N-dealkylation sites (N-methyl/N-ethyl adjacent to an activating group) is 1. The first kappa shape index (κ1) is 13.8. The van der Waals surface area contributed by atoms with Gasteiger partial charge in [-0.3, -0.25) is 0 Å². The summed E-state index contributed by atoms with van der Waals surface area (Å²) in [6.45, 7) is 0.598. The van der Waals surface area contributed by atoms with Crippen LogP contribution in [0.5, 0.6) is 0 Å². The fourth-order valence-electron chi connectivity index (χ4n) is 1.50. The number of rotatable bonds is 5. The van der Waals surface area contributed by atoms with Crippen LogP contribution in [-0.4, -0.2) is 31.2 Å². The van der Waals surface area contributed by atoms with E-state index in [1.807, 2.05) is 18.2 Å². The Morgan fingerprint density at radius 3 is 2.41 bits per heavy atom. The average Bonchev–Trinajstić information content (AvgIpc) is 2.24. The van der Waals surface area contributed by atoms with E-state index < -0.39 is 12.6 Å². The fourth-order valence-corrected chi connectivity index (χ4v) is 1.50. The monoisotopic (exact) mass is 246 g/mol. The summed E-state index contributed by atoms with van der Waals surface area (Å²) in [7, 11) is 1.69. The Balaban J connectivity index is 2.34. The first-order valence-corrected chi connectivity index (χ1v) is 5.47. The van der Waals surface area contributed by atoms with Gasteiger partial charge >= 0.3 is 6.18 Å². The van der Waals surface area contributed by atoms with Gasteiger partial charge in [0.2, 0.25) is 0 Å². The highest BCUT2D eigenvalue weighted by atomic mass is 19.4. The highest BCUT2D eigenvalue weighted by Gasteiger charge is 2.26. The molecule has 0 aliphatic heterocycles. The number of halogens is 3. The molecule has 0 unspecified atom stereocenters. The number of nitrogens with zero attached hydrogens (tertiary/aromatic N) is 1. The van der Waals surface area contributed by atoms with Gasteiger partial charge in [-0.15, -0.1) is 0 Å². The minimum atomic E-state index is -4.08. The van der Waals surface area contributed by atoms with E-state index in [0.717, 1.165) is 5.56 Å². The van der Waals surface area contributed by atoms with Crippen molar-refractivity contribution in [3.8, 4) is 0 Å². The lowest BCUT2D eigenvalue weighted by Crippen LogP contribution is -2.26. The van der Waals surface area contributed by atoms with Crippen LogP contribution in [0.1, 0.15) is 12.0 Å². The maximum absolute atomic E-state index is 12.0. The van der Waals surface area contributed by atoms with Crippen molar-refractivity contribution >= 4 is 5.69 Å². The number of benzene rings is 1. The molecule has 2 nitrogen and oxygen atoms in total. The molecule has 1 rings (SSSR count). The topological polar surface area (TPSA) is 29.3 Å². The van der Waals surface area contributed by atoms with Crippen LogP contribution in [0, 0.1) is 0 Å². The third-order valence-electron chi connectivity index (χ3n) is 2.59. The lowest BCUT2D eigenvalue weighted by atomic mass is 10.1. The van der Waals surface area contributed by atoms with E-state index in [0.29, 0.717) is 18.7 Å². The second-order valence-electron chi connectivity index (χ2n) is 4.12. The van der Waals surface area contributed by atoms with E-state index in [4.69, 9.17) is 5.73 Å². The molecular weight excluding hydrogens is 229 g/mol. The Morgan fingerprint density at radius 2 is 1.82 bits per heavy atom. The van der Waals surface area contributed by atoms with Gasteiger partial charge in [0, 0.05) is 18.8 Å². The van der Waals surface area contributed by atoms with Gasteiger partial charge in [0.05, 0.1) is 6.42 Å². The number of hydrogen-bond donors (Lipinski definition) is 1. The van der Waals surface area contributed by atoms with Gasteiger partial charge in [-0.2, -0.15) is 13.2 Å². The highest BCUT2D eigenvalue weighted by Crippen LogP contribution is 2.19. The summed E-state index contributed by atoms with van der Waals surface area (Å²) in [5.41, 5.74) is 7.42. The molecule has 0 saturated heterocycles. The van der Waals surface area contributed by atoms with Crippen LogP contribution >= 0.6 is 0 Å². The molecule has 0 radical (unpaired) electrons.